The van der Waals surface area contributed by atoms with Crippen molar-refractivity contribution in [3.05, 3.63) is 63.4 Å². The van der Waals surface area contributed by atoms with E-state index in [4.69, 9.17) is 4.74 Å². The van der Waals surface area contributed by atoms with Crippen LogP contribution in [0.2, 0.25) is 0 Å². The van der Waals surface area contributed by atoms with E-state index in [1.807, 2.05) is 25.1 Å². The number of hydrogen-bond donors (Lipinski definition) is 0. The summed E-state index contributed by atoms with van der Waals surface area (Å²) in [4.78, 5) is 12.3. The maximum absolute atomic E-state index is 13.3. The lowest BCUT2D eigenvalue weighted by Crippen LogP contribution is -2.06. The molecule has 2 nitrogen and oxygen atoms in total. The summed E-state index contributed by atoms with van der Waals surface area (Å²) in [6.45, 7) is 1.95. The summed E-state index contributed by atoms with van der Waals surface area (Å²) in [5.41, 5.74) is 2.20. The molecule has 0 atom stereocenters. The van der Waals surface area contributed by atoms with Crippen molar-refractivity contribution in [1.29, 1.82) is 0 Å². The molecule has 4 heteroatoms. The summed E-state index contributed by atoms with van der Waals surface area (Å²) in [6, 6.07) is 9.85. The predicted octanol–water partition coefficient (Wildman–Crippen LogP) is 4.33. The molecule has 0 amide bonds. The quantitative estimate of drug-likeness (QED) is 0.776. The number of benzene rings is 2. The van der Waals surface area contributed by atoms with Crippen molar-refractivity contribution in [1.82, 2.24) is 0 Å². The number of carbonyl (C=O) groups is 1. The number of halogens is 2. The summed E-state index contributed by atoms with van der Waals surface area (Å²) in [5, 5.41) is 0. The highest BCUT2D eigenvalue weighted by Crippen LogP contribution is 2.23. The molecule has 0 spiro atoms. The van der Waals surface area contributed by atoms with E-state index >= 15 is 0 Å². The Hall–Kier alpha value is -1.68. The van der Waals surface area contributed by atoms with Gasteiger partial charge in [0.15, 0.2) is 5.78 Å². The first-order valence-electron chi connectivity index (χ1n) is 6.12. The molecule has 0 bridgehead atoms. The fourth-order valence-electron chi connectivity index (χ4n) is 2.04. The van der Waals surface area contributed by atoms with Gasteiger partial charge in [0.05, 0.1) is 7.11 Å². The zero-order chi connectivity index (χ0) is 14.7. The van der Waals surface area contributed by atoms with Gasteiger partial charge in [-0.2, -0.15) is 0 Å². The van der Waals surface area contributed by atoms with Crippen LogP contribution in [-0.2, 0) is 6.42 Å². The number of methoxy groups -OCH3 is 1. The molecule has 2 rings (SSSR count). The maximum atomic E-state index is 13.3. The third kappa shape index (κ3) is 3.45. The molecular weight excluding hydrogens is 323 g/mol. The van der Waals surface area contributed by atoms with Crippen LogP contribution in [0.3, 0.4) is 0 Å². The summed E-state index contributed by atoms with van der Waals surface area (Å²) < 4.78 is 19.1. The SMILES string of the molecule is COc1ccc(C)cc1CC(=O)c1cc(F)cc(Br)c1. The normalized spacial score (nSPS) is 10.4. The van der Waals surface area contributed by atoms with E-state index in [9.17, 15) is 9.18 Å². The van der Waals surface area contributed by atoms with Gasteiger partial charge in [0, 0.05) is 22.0 Å². The minimum atomic E-state index is -0.432. The second-order valence-electron chi connectivity index (χ2n) is 4.57. The fraction of sp³-hybridized carbons (Fsp3) is 0.188. The van der Waals surface area contributed by atoms with Crippen molar-refractivity contribution in [2.45, 2.75) is 13.3 Å². The van der Waals surface area contributed by atoms with Gasteiger partial charge >= 0.3 is 0 Å². The standard InChI is InChI=1S/C16H14BrFO2/c1-10-3-4-16(20-2)12(5-10)8-15(19)11-6-13(17)9-14(18)7-11/h3-7,9H,8H2,1-2H3. The topological polar surface area (TPSA) is 26.3 Å². The Morgan fingerprint density at radius 3 is 2.65 bits per heavy atom. The molecule has 0 saturated carbocycles. The number of ketones is 1. The van der Waals surface area contributed by atoms with Gasteiger partial charge in [0.1, 0.15) is 11.6 Å². The molecule has 2 aromatic rings. The molecule has 104 valence electrons. The van der Waals surface area contributed by atoms with Crippen molar-refractivity contribution in [2.24, 2.45) is 0 Å². The Morgan fingerprint density at radius 1 is 1.25 bits per heavy atom. The van der Waals surface area contributed by atoms with E-state index < -0.39 is 5.82 Å². The Bertz CT molecular complexity index is 633. The van der Waals surface area contributed by atoms with Gasteiger partial charge < -0.3 is 4.74 Å². The van der Waals surface area contributed by atoms with Crippen molar-refractivity contribution in [3.8, 4) is 5.75 Å². The molecule has 0 aliphatic rings. The molecule has 2 aromatic carbocycles. The average molecular weight is 337 g/mol. The minimum absolute atomic E-state index is 0.144. The van der Waals surface area contributed by atoms with Crippen LogP contribution in [0.25, 0.3) is 0 Å². The molecule has 0 aliphatic carbocycles. The number of hydrogen-bond acceptors (Lipinski definition) is 2. The van der Waals surface area contributed by atoms with Gasteiger partial charge in [-0.25, -0.2) is 4.39 Å². The first kappa shape index (κ1) is 14.7. The van der Waals surface area contributed by atoms with E-state index in [-0.39, 0.29) is 12.2 Å². The van der Waals surface area contributed by atoms with Gasteiger partial charge in [-0.15, -0.1) is 0 Å². The third-order valence-electron chi connectivity index (χ3n) is 2.97. The Balaban J connectivity index is 2.29. The molecule has 0 aromatic heterocycles. The van der Waals surface area contributed by atoms with Crippen LogP contribution in [0.1, 0.15) is 21.5 Å². The highest BCUT2D eigenvalue weighted by molar-refractivity contribution is 9.10. The number of ether oxygens (including phenoxy) is 1. The molecule has 0 N–H and O–H groups in total. The fourth-order valence-corrected chi connectivity index (χ4v) is 2.50. The Labute approximate surface area is 125 Å². The summed E-state index contributed by atoms with van der Waals surface area (Å²) >= 11 is 3.19. The van der Waals surface area contributed by atoms with Crippen molar-refractivity contribution >= 4 is 21.7 Å². The van der Waals surface area contributed by atoms with Crippen LogP contribution in [0.5, 0.6) is 5.75 Å². The van der Waals surface area contributed by atoms with Gasteiger partial charge in [-0.1, -0.05) is 33.6 Å². The largest absolute Gasteiger partial charge is 0.496 e. The van der Waals surface area contributed by atoms with Crippen LogP contribution in [-0.4, -0.2) is 12.9 Å². The molecule has 20 heavy (non-hydrogen) atoms. The van der Waals surface area contributed by atoms with E-state index in [0.717, 1.165) is 11.1 Å². The minimum Gasteiger partial charge on any atom is -0.496 e. The number of carbonyl (C=O) groups excluding carboxylic acids is 1. The predicted molar refractivity (Wildman–Crippen MR) is 79.9 cm³/mol. The molecule has 0 unspecified atom stereocenters. The zero-order valence-corrected chi connectivity index (χ0v) is 12.8. The third-order valence-corrected chi connectivity index (χ3v) is 3.43. The molecule has 0 saturated heterocycles. The van der Waals surface area contributed by atoms with Crippen LogP contribution in [0.15, 0.2) is 40.9 Å². The van der Waals surface area contributed by atoms with E-state index in [0.29, 0.717) is 15.8 Å². The molecule has 0 radical (unpaired) electrons. The second-order valence-corrected chi connectivity index (χ2v) is 5.49. The van der Waals surface area contributed by atoms with Crippen molar-refractivity contribution in [3.63, 3.8) is 0 Å². The molecular formula is C16H14BrFO2. The van der Waals surface area contributed by atoms with Crippen LogP contribution in [0.4, 0.5) is 4.39 Å². The first-order chi connectivity index (χ1) is 9.49. The summed E-state index contributed by atoms with van der Waals surface area (Å²) in [7, 11) is 1.57. The van der Waals surface area contributed by atoms with Gasteiger partial charge in [-0.05, 0) is 31.2 Å². The molecule has 0 heterocycles. The Morgan fingerprint density at radius 2 is 2.00 bits per heavy atom. The van der Waals surface area contributed by atoms with Crippen molar-refractivity contribution < 1.29 is 13.9 Å². The Kier molecular flexibility index (Phi) is 4.55. The van der Waals surface area contributed by atoms with Gasteiger partial charge in [-0.3, -0.25) is 4.79 Å². The van der Waals surface area contributed by atoms with Gasteiger partial charge in [0.25, 0.3) is 0 Å². The van der Waals surface area contributed by atoms with Crippen LogP contribution < -0.4 is 4.74 Å². The average Bonchev–Trinajstić information content (AvgIpc) is 2.37. The molecule has 0 fully saturated rings. The van der Waals surface area contributed by atoms with E-state index in [1.54, 1.807) is 13.2 Å². The van der Waals surface area contributed by atoms with E-state index in [2.05, 4.69) is 15.9 Å². The van der Waals surface area contributed by atoms with Crippen molar-refractivity contribution in [2.75, 3.05) is 7.11 Å². The molecule has 0 aliphatic heterocycles. The summed E-state index contributed by atoms with van der Waals surface area (Å²) in [6.07, 6.45) is 0.181. The smallest absolute Gasteiger partial charge is 0.167 e. The lowest BCUT2D eigenvalue weighted by Gasteiger charge is -2.09. The van der Waals surface area contributed by atoms with Gasteiger partial charge in [0.2, 0.25) is 0 Å². The second kappa shape index (κ2) is 6.18. The highest BCUT2D eigenvalue weighted by atomic mass is 79.9. The maximum Gasteiger partial charge on any atom is 0.167 e. The van der Waals surface area contributed by atoms with Crippen LogP contribution in [0, 0.1) is 12.7 Å². The lowest BCUT2D eigenvalue weighted by molar-refractivity contribution is 0.0991. The number of Topliss-reactive ketones (excluding diaryl/α,β-unsaturated/α-hetero) is 1. The number of aryl methyl sites for hydroxylation is 1. The monoisotopic (exact) mass is 336 g/mol. The number of rotatable bonds is 4. The van der Waals surface area contributed by atoms with E-state index in [1.165, 1.54) is 12.1 Å². The zero-order valence-electron chi connectivity index (χ0n) is 11.2. The summed E-state index contributed by atoms with van der Waals surface area (Å²) in [5.74, 6) is 0.0902. The highest BCUT2D eigenvalue weighted by Gasteiger charge is 2.12. The van der Waals surface area contributed by atoms with Crippen LogP contribution >= 0.6 is 15.9 Å². The lowest BCUT2D eigenvalue weighted by atomic mass is 10.0. The first-order valence-corrected chi connectivity index (χ1v) is 6.91.